The Bertz CT molecular complexity index is 904. The van der Waals surface area contributed by atoms with Gasteiger partial charge in [-0.15, -0.1) is 11.3 Å². The molecule has 0 spiro atoms. The van der Waals surface area contributed by atoms with Gasteiger partial charge in [0.05, 0.1) is 17.7 Å². The second kappa shape index (κ2) is 8.53. The summed E-state index contributed by atoms with van der Waals surface area (Å²) in [5.41, 5.74) is 7.77. The molecular formula is C20H22N2O5S. The van der Waals surface area contributed by atoms with Crippen molar-refractivity contribution in [1.82, 2.24) is 0 Å². The standard InChI is InChI=1S/C20H22N2O5S/c1-11-2-7-14-15(8-11)28-19(17(14)18(21)25)22-16(24)10-27-20(26)13-5-3-12(9-23)4-6-13/h3-6,11,23H,2,7-10H2,1H3,(H2,21,25)(H,22,24)/t11-/m0/s1. The van der Waals surface area contributed by atoms with Crippen LogP contribution in [-0.4, -0.2) is 29.5 Å². The fraction of sp³-hybridized carbons (Fsp3) is 0.350. The quantitative estimate of drug-likeness (QED) is 0.641. The number of carbonyl (C=O) groups is 3. The molecule has 1 atom stereocenters. The number of carbonyl (C=O) groups excluding carboxylic acids is 3. The number of anilines is 1. The van der Waals surface area contributed by atoms with E-state index in [2.05, 4.69) is 12.2 Å². The van der Waals surface area contributed by atoms with Crippen molar-refractivity contribution in [3.63, 3.8) is 0 Å². The number of primary amides is 1. The maximum absolute atomic E-state index is 12.2. The molecule has 0 radical (unpaired) electrons. The molecule has 0 saturated carbocycles. The SMILES string of the molecule is C[C@H]1CCc2c(sc(NC(=O)COC(=O)c3ccc(CO)cc3)c2C(N)=O)C1. The highest BCUT2D eigenvalue weighted by Gasteiger charge is 2.27. The van der Waals surface area contributed by atoms with Gasteiger partial charge in [-0.2, -0.15) is 0 Å². The zero-order chi connectivity index (χ0) is 20.3. The molecule has 1 heterocycles. The number of fused-ring (bicyclic) bond motifs is 1. The Hall–Kier alpha value is -2.71. The molecule has 8 heteroatoms. The second-order valence-corrected chi connectivity index (χ2v) is 8.00. The minimum absolute atomic E-state index is 0.122. The van der Waals surface area contributed by atoms with Crippen molar-refractivity contribution >= 4 is 34.1 Å². The van der Waals surface area contributed by atoms with Gasteiger partial charge in [0.1, 0.15) is 5.00 Å². The smallest absolute Gasteiger partial charge is 0.338 e. The lowest BCUT2D eigenvalue weighted by molar-refractivity contribution is -0.119. The summed E-state index contributed by atoms with van der Waals surface area (Å²) in [7, 11) is 0. The van der Waals surface area contributed by atoms with Crippen LogP contribution in [-0.2, 0) is 29.0 Å². The van der Waals surface area contributed by atoms with Crippen molar-refractivity contribution in [3.8, 4) is 0 Å². The maximum atomic E-state index is 12.2. The summed E-state index contributed by atoms with van der Waals surface area (Å²) in [5, 5.41) is 12.1. The van der Waals surface area contributed by atoms with E-state index >= 15 is 0 Å². The monoisotopic (exact) mass is 402 g/mol. The molecule has 1 aromatic carbocycles. The fourth-order valence-electron chi connectivity index (χ4n) is 3.22. The van der Waals surface area contributed by atoms with E-state index in [4.69, 9.17) is 15.6 Å². The summed E-state index contributed by atoms with van der Waals surface area (Å²) in [6.07, 6.45) is 2.60. The first-order chi connectivity index (χ1) is 13.4. The van der Waals surface area contributed by atoms with Crippen LogP contribution in [0.5, 0.6) is 0 Å². The van der Waals surface area contributed by atoms with E-state index in [0.717, 1.165) is 29.7 Å². The predicted octanol–water partition coefficient (Wildman–Crippen LogP) is 2.26. The van der Waals surface area contributed by atoms with Crippen molar-refractivity contribution in [3.05, 3.63) is 51.4 Å². The van der Waals surface area contributed by atoms with E-state index in [1.54, 1.807) is 12.1 Å². The van der Waals surface area contributed by atoms with Crippen LogP contribution in [0, 0.1) is 5.92 Å². The first kappa shape index (κ1) is 20.0. The summed E-state index contributed by atoms with van der Waals surface area (Å²) in [6, 6.07) is 6.25. The van der Waals surface area contributed by atoms with Gasteiger partial charge in [0.25, 0.3) is 11.8 Å². The topological polar surface area (TPSA) is 119 Å². The number of rotatable bonds is 6. The van der Waals surface area contributed by atoms with E-state index < -0.39 is 24.4 Å². The third-order valence-corrected chi connectivity index (χ3v) is 5.89. The van der Waals surface area contributed by atoms with Crippen LogP contribution in [0.25, 0.3) is 0 Å². The Balaban J connectivity index is 1.64. The van der Waals surface area contributed by atoms with Crippen LogP contribution in [0.15, 0.2) is 24.3 Å². The summed E-state index contributed by atoms with van der Waals surface area (Å²) in [4.78, 5) is 37.2. The third kappa shape index (κ3) is 4.40. The van der Waals surface area contributed by atoms with Crippen molar-refractivity contribution in [1.29, 1.82) is 0 Å². The number of aliphatic hydroxyl groups is 1. The van der Waals surface area contributed by atoms with Gasteiger partial charge >= 0.3 is 5.97 Å². The first-order valence-corrected chi connectivity index (χ1v) is 9.81. The molecular weight excluding hydrogens is 380 g/mol. The van der Waals surface area contributed by atoms with Gasteiger partial charge in [0, 0.05) is 4.88 Å². The van der Waals surface area contributed by atoms with E-state index in [1.165, 1.54) is 23.5 Å². The van der Waals surface area contributed by atoms with Crippen molar-refractivity contribution in [2.75, 3.05) is 11.9 Å². The van der Waals surface area contributed by atoms with Gasteiger partial charge in [-0.05, 0) is 48.4 Å². The molecule has 1 aliphatic rings. The molecule has 0 saturated heterocycles. The van der Waals surface area contributed by atoms with Gasteiger partial charge in [-0.1, -0.05) is 19.1 Å². The van der Waals surface area contributed by atoms with Gasteiger partial charge in [0.15, 0.2) is 6.61 Å². The highest BCUT2D eigenvalue weighted by molar-refractivity contribution is 7.17. The molecule has 2 aromatic rings. The minimum Gasteiger partial charge on any atom is -0.452 e. The zero-order valence-corrected chi connectivity index (χ0v) is 16.3. The number of thiophene rings is 1. The molecule has 0 aliphatic heterocycles. The van der Waals surface area contributed by atoms with E-state index in [0.29, 0.717) is 22.0 Å². The molecule has 1 aromatic heterocycles. The van der Waals surface area contributed by atoms with Crippen LogP contribution in [0.4, 0.5) is 5.00 Å². The number of aliphatic hydroxyl groups excluding tert-OH is 1. The molecule has 7 nitrogen and oxygen atoms in total. The van der Waals surface area contributed by atoms with Crippen LogP contribution in [0.2, 0.25) is 0 Å². The van der Waals surface area contributed by atoms with Gasteiger partial charge in [0.2, 0.25) is 0 Å². The first-order valence-electron chi connectivity index (χ1n) is 9.00. The largest absolute Gasteiger partial charge is 0.452 e. The minimum atomic E-state index is -0.644. The Kier molecular flexibility index (Phi) is 6.11. The number of amides is 2. The highest BCUT2D eigenvalue weighted by Crippen LogP contribution is 2.39. The lowest BCUT2D eigenvalue weighted by atomic mass is 9.88. The Morgan fingerprint density at radius 2 is 2.00 bits per heavy atom. The number of ether oxygens (including phenoxy) is 1. The average molecular weight is 402 g/mol. The van der Waals surface area contributed by atoms with Gasteiger partial charge in [-0.3, -0.25) is 9.59 Å². The van der Waals surface area contributed by atoms with Crippen LogP contribution >= 0.6 is 11.3 Å². The van der Waals surface area contributed by atoms with Crippen LogP contribution in [0.3, 0.4) is 0 Å². The Morgan fingerprint density at radius 1 is 1.29 bits per heavy atom. The van der Waals surface area contributed by atoms with Crippen LogP contribution in [0.1, 0.15) is 50.1 Å². The molecule has 0 unspecified atom stereocenters. The van der Waals surface area contributed by atoms with Crippen LogP contribution < -0.4 is 11.1 Å². The average Bonchev–Trinajstić information content (AvgIpc) is 3.03. The molecule has 148 valence electrons. The van der Waals surface area contributed by atoms with E-state index in [1.807, 2.05) is 0 Å². The summed E-state index contributed by atoms with van der Waals surface area (Å²) in [5.74, 6) is -1.22. The number of benzene rings is 1. The lowest BCUT2D eigenvalue weighted by Gasteiger charge is -2.18. The van der Waals surface area contributed by atoms with E-state index in [9.17, 15) is 14.4 Å². The van der Waals surface area contributed by atoms with E-state index in [-0.39, 0.29) is 12.2 Å². The summed E-state index contributed by atoms with van der Waals surface area (Å²) in [6.45, 7) is 1.55. The Labute approximate surface area is 166 Å². The van der Waals surface area contributed by atoms with Gasteiger partial charge < -0.3 is 20.9 Å². The number of hydrogen-bond acceptors (Lipinski definition) is 6. The number of nitrogens with one attached hydrogen (secondary N) is 1. The molecule has 2 amide bonds. The molecule has 28 heavy (non-hydrogen) atoms. The zero-order valence-electron chi connectivity index (χ0n) is 15.5. The number of hydrogen-bond donors (Lipinski definition) is 3. The van der Waals surface area contributed by atoms with Crippen molar-refractivity contribution in [2.24, 2.45) is 11.7 Å². The maximum Gasteiger partial charge on any atom is 0.338 e. The lowest BCUT2D eigenvalue weighted by Crippen LogP contribution is -2.23. The predicted molar refractivity (Wildman–Crippen MR) is 105 cm³/mol. The molecule has 3 rings (SSSR count). The van der Waals surface area contributed by atoms with Crippen molar-refractivity contribution in [2.45, 2.75) is 32.8 Å². The fourth-order valence-corrected chi connectivity index (χ4v) is 4.66. The third-order valence-electron chi connectivity index (χ3n) is 4.72. The number of esters is 1. The summed E-state index contributed by atoms with van der Waals surface area (Å²) < 4.78 is 5.03. The van der Waals surface area contributed by atoms with Gasteiger partial charge in [-0.25, -0.2) is 4.79 Å². The highest BCUT2D eigenvalue weighted by atomic mass is 32.1. The molecule has 1 aliphatic carbocycles. The molecule has 0 fully saturated rings. The molecule has 4 N–H and O–H groups in total. The second-order valence-electron chi connectivity index (χ2n) is 6.90. The Morgan fingerprint density at radius 3 is 2.64 bits per heavy atom. The van der Waals surface area contributed by atoms with Crippen molar-refractivity contribution < 1.29 is 24.2 Å². The normalized spacial score (nSPS) is 15.6. The molecule has 0 bridgehead atoms. The number of nitrogens with two attached hydrogens (primary N) is 1. The summed E-state index contributed by atoms with van der Waals surface area (Å²) >= 11 is 1.36.